The molecule has 0 spiro atoms. The number of aryl methyl sites for hydroxylation is 1. The van der Waals surface area contributed by atoms with Crippen LogP contribution in [0, 0.1) is 0 Å². The molecule has 0 atom stereocenters. The van der Waals surface area contributed by atoms with Crippen LogP contribution in [0.5, 0.6) is 0 Å². The second kappa shape index (κ2) is 3.58. The molecule has 4 heteroatoms. The molecule has 2 aromatic rings. The molecule has 0 saturated heterocycles. The summed E-state index contributed by atoms with van der Waals surface area (Å²) in [7, 11) is 1.90. The standard InChI is InChI=1S/C13H14N2O2/c1-15-12(8-4-2-5-8)11-9(13(16)17)6-3-7-10(11)14-15/h3,6-8H,2,4-5H2,1H3,(H,16,17). The van der Waals surface area contributed by atoms with Gasteiger partial charge in [-0.15, -0.1) is 0 Å². The molecule has 1 aliphatic carbocycles. The molecular weight excluding hydrogens is 216 g/mol. The van der Waals surface area contributed by atoms with Gasteiger partial charge in [0.15, 0.2) is 0 Å². The molecule has 1 aliphatic rings. The van der Waals surface area contributed by atoms with Crippen molar-refractivity contribution in [3.63, 3.8) is 0 Å². The van der Waals surface area contributed by atoms with Crippen LogP contribution in [0.2, 0.25) is 0 Å². The third kappa shape index (κ3) is 1.44. The van der Waals surface area contributed by atoms with E-state index in [4.69, 9.17) is 0 Å². The minimum absolute atomic E-state index is 0.373. The van der Waals surface area contributed by atoms with E-state index >= 15 is 0 Å². The molecule has 0 radical (unpaired) electrons. The van der Waals surface area contributed by atoms with Gasteiger partial charge in [0.05, 0.1) is 11.1 Å². The van der Waals surface area contributed by atoms with Crippen LogP contribution in [-0.2, 0) is 7.05 Å². The van der Waals surface area contributed by atoms with Gasteiger partial charge >= 0.3 is 5.97 Å². The fraction of sp³-hybridized carbons (Fsp3) is 0.385. The summed E-state index contributed by atoms with van der Waals surface area (Å²) in [6.45, 7) is 0. The molecule has 0 unspecified atom stereocenters. The normalized spacial score (nSPS) is 16.1. The zero-order valence-corrected chi connectivity index (χ0v) is 9.68. The van der Waals surface area contributed by atoms with Crippen LogP contribution < -0.4 is 0 Å². The van der Waals surface area contributed by atoms with Crippen LogP contribution in [0.3, 0.4) is 0 Å². The van der Waals surface area contributed by atoms with Crippen LogP contribution >= 0.6 is 0 Å². The van der Waals surface area contributed by atoms with Crippen LogP contribution in [0.25, 0.3) is 10.9 Å². The number of aromatic carboxylic acids is 1. The summed E-state index contributed by atoms with van der Waals surface area (Å²) in [4.78, 5) is 11.3. The quantitative estimate of drug-likeness (QED) is 0.862. The smallest absolute Gasteiger partial charge is 0.336 e. The van der Waals surface area contributed by atoms with E-state index in [1.165, 1.54) is 6.42 Å². The van der Waals surface area contributed by atoms with Crippen LogP contribution in [0.15, 0.2) is 18.2 Å². The van der Waals surface area contributed by atoms with Gasteiger partial charge in [-0.05, 0) is 25.0 Å². The highest BCUT2D eigenvalue weighted by molar-refractivity contribution is 6.04. The third-order valence-electron chi connectivity index (χ3n) is 3.63. The Kier molecular flexibility index (Phi) is 2.18. The van der Waals surface area contributed by atoms with E-state index < -0.39 is 5.97 Å². The van der Waals surface area contributed by atoms with Gasteiger partial charge in [-0.3, -0.25) is 4.68 Å². The first-order valence-electron chi connectivity index (χ1n) is 5.87. The van der Waals surface area contributed by atoms with E-state index in [1.54, 1.807) is 12.1 Å². The van der Waals surface area contributed by atoms with E-state index in [-0.39, 0.29) is 0 Å². The average Bonchev–Trinajstić information content (AvgIpc) is 2.53. The SMILES string of the molecule is Cn1nc2cccc(C(=O)O)c2c1C1CCC1. The lowest BCUT2D eigenvalue weighted by Gasteiger charge is -2.26. The van der Waals surface area contributed by atoms with Crippen LogP contribution in [0.1, 0.15) is 41.2 Å². The lowest BCUT2D eigenvalue weighted by Crippen LogP contribution is -2.14. The number of hydrogen-bond donors (Lipinski definition) is 1. The predicted octanol–water partition coefficient (Wildman–Crippen LogP) is 2.54. The Hall–Kier alpha value is -1.84. The molecule has 1 heterocycles. The van der Waals surface area contributed by atoms with Crippen molar-refractivity contribution in [2.75, 3.05) is 0 Å². The van der Waals surface area contributed by atoms with Crippen molar-refractivity contribution in [1.82, 2.24) is 9.78 Å². The van der Waals surface area contributed by atoms with Gasteiger partial charge in [-0.1, -0.05) is 12.5 Å². The van der Waals surface area contributed by atoms with Gasteiger partial charge in [-0.2, -0.15) is 5.10 Å². The summed E-state index contributed by atoms with van der Waals surface area (Å²) < 4.78 is 1.85. The Bertz CT molecular complexity index is 597. The first kappa shape index (κ1) is 10.3. The lowest BCUT2D eigenvalue weighted by atomic mass is 9.81. The predicted molar refractivity (Wildman–Crippen MR) is 64.3 cm³/mol. The highest BCUT2D eigenvalue weighted by Gasteiger charge is 2.27. The number of carboxylic acid groups (broad SMARTS) is 1. The average molecular weight is 230 g/mol. The van der Waals surface area contributed by atoms with Crippen molar-refractivity contribution >= 4 is 16.9 Å². The summed E-state index contributed by atoms with van der Waals surface area (Å²) in [6, 6.07) is 5.29. The number of aromatic nitrogens is 2. The number of fused-ring (bicyclic) bond motifs is 1. The molecule has 1 aromatic heterocycles. The second-order valence-corrected chi connectivity index (χ2v) is 4.64. The monoisotopic (exact) mass is 230 g/mol. The molecule has 1 saturated carbocycles. The Morgan fingerprint density at radius 3 is 2.82 bits per heavy atom. The minimum Gasteiger partial charge on any atom is -0.478 e. The van der Waals surface area contributed by atoms with Crippen LogP contribution in [-0.4, -0.2) is 20.9 Å². The van der Waals surface area contributed by atoms with Crippen molar-refractivity contribution in [2.24, 2.45) is 7.05 Å². The number of nitrogens with zero attached hydrogens (tertiary/aromatic N) is 2. The maximum atomic E-state index is 11.3. The first-order chi connectivity index (χ1) is 8.18. The molecule has 1 aromatic carbocycles. The largest absolute Gasteiger partial charge is 0.478 e. The molecule has 17 heavy (non-hydrogen) atoms. The summed E-state index contributed by atoms with van der Waals surface area (Å²) >= 11 is 0. The van der Waals surface area contributed by atoms with Gasteiger partial charge in [0.2, 0.25) is 0 Å². The van der Waals surface area contributed by atoms with Gasteiger partial charge in [0, 0.05) is 24.0 Å². The number of benzene rings is 1. The molecule has 1 N–H and O–H groups in total. The fourth-order valence-electron chi connectivity index (χ4n) is 2.60. The van der Waals surface area contributed by atoms with Gasteiger partial charge in [-0.25, -0.2) is 4.79 Å². The highest BCUT2D eigenvalue weighted by Crippen LogP contribution is 2.40. The van der Waals surface area contributed by atoms with E-state index in [9.17, 15) is 9.90 Å². The number of hydrogen-bond acceptors (Lipinski definition) is 2. The van der Waals surface area contributed by atoms with E-state index in [0.29, 0.717) is 11.5 Å². The molecule has 0 amide bonds. The molecule has 88 valence electrons. The van der Waals surface area contributed by atoms with Crippen molar-refractivity contribution < 1.29 is 9.90 Å². The first-order valence-corrected chi connectivity index (χ1v) is 5.87. The van der Waals surface area contributed by atoms with Crippen molar-refractivity contribution in [3.8, 4) is 0 Å². The number of rotatable bonds is 2. The molecular formula is C13H14N2O2. The van der Waals surface area contributed by atoms with Gasteiger partial charge in [0.1, 0.15) is 0 Å². The zero-order chi connectivity index (χ0) is 12.0. The summed E-state index contributed by atoms with van der Waals surface area (Å²) in [5, 5.41) is 14.5. The van der Waals surface area contributed by atoms with Gasteiger partial charge in [0.25, 0.3) is 0 Å². The number of carbonyl (C=O) groups is 1. The maximum absolute atomic E-state index is 11.3. The second-order valence-electron chi connectivity index (χ2n) is 4.64. The molecule has 1 fully saturated rings. The molecule has 0 bridgehead atoms. The highest BCUT2D eigenvalue weighted by atomic mass is 16.4. The maximum Gasteiger partial charge on any atom is 0.336 e. The van der Waals surface area contributed by atoms with Gasteiger partial charge < -0.3 is 5.11 Å². The minimum atomic E-state index is -0.871. The molecule has 4 nitrogen and oxygen atoms in total. The molecule has 3 rings (SSSR count). The van der Waals surface area contributed by atoms with Crippen molar-refractivity contribution in [2.45, 2.75) is 25.2 Å². The Balaban J connectivity index is 2.31. The zero-order valence-electron chi connectivity index (χ0n) is 9.68. The van der Waals surface area contributed by atoms with E-state index in [0.717, 1.165) is 29.4 Å². The van der Waals surface area contributed by atoms with Crippen molar-refractivity contribution in [3.05, 3.63) is 29.5 Å². The summed E-state index contributed by atoms with van der Waals surface area (Å²) in [5.74, 6) is -0.394. The summed E-state index contributed by atoms with van der Waals surface area (Å²) in [5.41, 5.74) is 2.25. The fourth-order valence-corrected chi connectivity index (χ4v) is 2.60. The van der Waals surface area contributed by atoms with Crippen molar-refractivity contribution in [1.29, 1.82) is 0 Å². The Labute approximate surface area is 98.9 Å². The number of carboxylic acids is 1. The third-order valence-corrected chi connectivity index (χ3v) is 3.63. The topological polar surface area (TPSA) is 55.1 Å². The Morgan fingerprint density at radius 1 is 1.47 bits per heavy atom. The van der Waals surface area contributed by atoms with E-state index in [1.807, 2.05) is 17.8 Å². The van der Waals surface area contributed by atoms with Crippen LogP contribution in [0.4, 0.5) is 0 Å². The van der Waals surface area contributed by atoms with E-state index in [2.05, 4.69) is 5.10 Å². The summed E-state index contributed by atoms with van der Waals surface area (Å²) in [6.07, 6.45) is 3.51. The molecule has 0 aliphatic heterocycles. The lowest BCUT2D eigenvalue weighted by molar-refractivity contribution is 0.0699. The Morgan fingerprint density at radius 2 is 2.24 bits per heavy atom.